The second kappa shape index (κ2) is 14.8. The lowest BCUT2D eigenvalue weighted by Crippen LogP contribution is -2.40. The van der Waals surface area contributed by atoms with Crippen LogP contribution in [0.2, 0.25) is 0 Å². The fraction of sp³-hybridized carbons (Fsp3) is 0.657. The van der Waals surface area contributed by atoms with E-state index in [1.807, 2.05) is 0 Å². The molecule has 0 unspecified atom stereocenters. The van der Waals surface area contributed by atoms with Crippen LogP contribution >= 0.6 is 0 Å². The zero-order valence-electron chi connectivity index (χ0n) is 26.0. The molecule has 1 aliphatic heterocycles. The van der Waals surface area contributed by atoms with Crippen LogP contribution in [0.3, 0.4) is 0 Å². The van der Waals surface area contributed by atoms with E-state index in [2.05, 4.69) is 6.92 Å². The van der Waals surface area contributed by atoms with Gasteiger partial charge < -0.3 is 14.2 Å². The summed E-state index contributed by atoms with van der Waals surface area (Å²) in [5, 5.41) is 0. The summed E-state index contributed by atoms with van der Waals surface area (Å²) in [5.74, 6) is -4.73. The maximum Gasteiger partial charge on any atom is 0.419 e. The smallest absolute Gasteiger partial charge is 0.419 e. The molecular weight excluding hydrogens is 620 g/mol. The highest BCUT2D eigenvalue weighted by Crippen LogP contribution is 2.47. The molecule has 3 fully saturated rings. The fourth-order valence-electron chi connectivity index (χ4n) is 7.52. The van der Waals surface area contributed by atoms with Gasteiger partial charge in [0.05, 0.1) is 30.3 Å². The van der Waals surface area contributed by atoms with Crippen LogP contribution in [-0.4, -0.2) is 25.6 Å². The van der Waals surface area contributed by atoms with E-state index in [1.54, 1.807) is 0 Å². The number of alkyl halides is 5. The van der Waals surface area contributed by atoms with Gasteiger partial charge in [-0.2, -0.15) is 22.0 Å². The Labute approximate surface area is 265 Å². The molecule has 0 spiro atoms. The van der Waals surface area contributed by atoms with Crippen LogP contribution in [0.25, 0.3) is 11.1 Å². The van der Waals surface area contributed by atoms with Gasteiger partial charge in [0.2, 0.25) is 0 Å². The van der Waals surface area contributed by atoms with Gasteiger partial charge in [0, 0.05) is 24.0 Å². The van der Waals surface area contributed by atoms with E-state index in [4.69, 9.17) is 14.2 Å². The maximum atomic E-state index is 15.2. The topological polar surface area (TPSA) is 27.7 Å². The normalized spacial score (nSPS) is 27.8. The van der Waals surface area contributed by atoms with Gasteiger partial charge >= 0.3 is 12.3 Å². The number of halogens is 8. The van der Waals surface area contributed by atoms with E-state index in [0.29, 0.717) is 60.8 Å². The van der Waals surface area contributed by atoms with Crippen LogP contribution in [0.5, 0.6) is 5.75 Å². The van der Waals surface area contributed by atoms with Crippen molar-refractivity contribution in [1.82, 2.24) is 0 Å². The standard InChI is InChI=1S/C35H42F8O3/c1-2-3-4-5-21-19-44-33(45-20-21)24-8-6-22(7-9-24)23-10-13-26(14-11-23)35(42,43)46-27-17-30(37)32(31(38)18-27)25-12-15-28(29(36)16-25)34(39,40)41/h12,15-18,21-24,26,33H,2-11,13-14,19-20H2,1H3. The summed E-state index contributed by atoms with van der Waals surface area (Å²) < 4.78 is 130. The van der Waals surface area contributed by atoms with Crippen LogP contribution < -0.4 is 4.74 Å². The number of unbranched alkanes of at least 4 members (excludes halogenated alkanes) is 2. The summed E-state index contributed by atoms with van der Waals surface area (Å²) in [7, 11) is 0. The van der Waals surface area contributed by atoms with Crippen LogP contribution in [0.4, 0.5) is 35.1 Å². The SMILES string of the molecule is CCCCCC1COC(C2CCC(C3CCC(C(F)(F)Oc4cc(F)c(-c5ccc(C(F)(F)F)c(F)c5)c(F)c4)CC3)CC2)OC1. The third kappa shape index (κ3) is 8.35. The molecule has 1 saturated heterocycles. The van der Waals surface area contributed by atoms with Crippen molar-refractivity contribution in [3.05, 3.63) is 53.3 Å². The van der Waals surface area contributed by atoms with Crippen LogP contribution in [0.1, 0.15) is 89.5 Å². The van der Waals surface area contributed by atoms with Crippen LogP contribution in [-0.2, 0) is 15.7 Å². The zero-order valence-corrected chi connectivity index (χ0v) is 26.0. The van der Waals surface area contributed by atoms with Crippen molar-refractivity contribution >= 4 is 0 Å². The minimum Gasteiger partial charge on any atom is -0.432 e. The quantitative estimate of drug-likeness (QED) is 0.187. The van der Waals surface area contributed by atoms with E-state index in [0.717, 1.165) is 51.4 Å². The van der Waals surface area contributed by atoms with Gasteiger partial charge in [0.15, 0.2) is 6.29 Å². The Hall–Kier alpha value is -2.40. The summed E-state index contributed by atoms with van der Waals surface area (Å²) in [6, 6.07) is 2.52. The summed E-state index contributed by atoms with van der Waals surface area (Å²) in [6.07, 6.45) is 1.54. The lowest BCUT2D eigenvalue weighted by atomic mass is 9.69. The molecule has 0 amide bonds. The molecule has 5 rings (SSSR count). The van der Waals surface area contributed by atoms with Gasteiger partial charge in [-0.15, -0.1) is 0 Å². The molecule has 2 aromatic carbocycles. The molecular formula is C35H42F8O3. The van der Waals surface area contributed by atoms with Crippen molar-refractivity contribution in [1.29, 1.82) is 0 Å². The van der Waals surface area contributed by atoms with Crippen molar-refractivity contribution in [2.75, 3.05) is 13.2 Å². The maximum absolute atomic E-state index is 15.2. The predicted molar refractivity (Wildman–Crippen MR) is 157 cm³/mol. The monoisotopic (exact) mass is 662 g/mol. The summed E-state index contributed by atoms with van der Waals surface area (Å²) >= 11 is 0. The molecule has 2 saturated carbocycles. The first kappa shape index (κ1) is 34.9. The number of ether oxygens (including phenoxy) is 3. The third-order valence-electron chi connectivity index (χ3n) is 10.2. The first-order valence-corrected chi connectivity index (χ1v) is 16.5. The summed E-state index contributed by atoms with van der Waals surface area (Å²) in [6.45, 7) is 3.68. The number of rotatable bonds is 10. The average Bonchev–Trinajstić information content (AvgIpc) is 3.01. The van der Waals surface area contributed by atoms with Gasteiger partial charge in [-0.25, -0.2) is 13.2 Å². The fourth-order valence-corrected chi connectivity index (χ4v) is 7.52. The molecule has 2 aromatic rings. The van der Waals surface area contributed by atoms with E-state index >= 15 is 8.78 Å². The first-order chi connectivity index (χ1) is 21.9. The molecule has 3 aliphatic rings. The van der Waals surface area contributed by atoms with E-state index in [9.17, 15) is 26.3 Å². The van der Waals surface area contributed by atoms with Gasteiger partial charge in [-0.3, -0.25) is 0 Å². The second-order valence-electron chi connectivity index (χ2n) is 13.3. The highest BCUT2D eigenvalue weighted by atomic mass is 19.4. The summed E-state index contributed by atoms with van der Waals surface area (Å²) in [5.41, 5.74) is -2.93. The van der Waals surface area contributed by atoms with Crippen molar-refractivity contribution < 1.29 is 49.3 Å². The Balaban J connectivity index is 1.10. The van der Waals surface area contributed by atoms with Gasteiger partial charge in [-0.1, -0.05) is 32.3 Å². The lowest BCUT2D eigenvalue weighted by Gasteiger charge is -2.41. The molecule has 3 nitrogen and oxygen atoms in total. The summed E-state index contributed by atoms with van der Waals surface area (Å²) in [4.78, 5) is 0. The Morgan fingerprint density at radius 2 is 1.28 bits per heavy atom. The van der Waals surface area contributed by atoms with Crippen LogP contribution in [0, 0.1) is 47.0 Å². The Morgan fingerprint density at radius 3 is 1.83 bits per heavy atom. The first-order valence-electron chi connectivity index (χ1n) is 16.5. The Morgan fingerprint density at radius 1 is 0.717 bits per heavy atom. The Bertz CT molecular complexity index is 1270. The third-order valence-corrected chi connectivity index (χ3v) is 10.2. The van der Waals surface area contributed by atoms with Gasteiger partial charge in [-0.05, 0) is 87.3 Å². The average molecular weight is 663 g/mol. The van der Waals surface area contributed by atoms with Crippen molar-refractivity contribution in [2.45, 2.75) is 103 Å². The van der Waals surface area contributed by atoms with Crippen LogP contribution in [0.15, 0.2) is 30.3 Å². The minimum atomic E-state index is -4.99. The predicted octanol–water partition coefficient (Wildman–Crippen LogP) is 10.9. The number of hydrogen-bond donors (Lipinski definition) is 0. The number of hydrogen-bond acceptors (Lipinski definition) is 3. The van der Waals surface area contributed by atoms with Crippen molar-refractivity contribution in [2.24, 2.45) is 29.6 Å². The molecule has 256 valence electrons. The molecule has 2 aliphatic carbocycles. The van der Waals surface area contributed by atoms with Crippen molar-refractivity contribution in [3.63, 3.8) is 0 Å². The molecule has 0 N–H and O–H groups in total. The molecule has 46 heavy (non-hydrogen) atoms. The van der Waals surface area contributed by atoms with E-state index in [1.165, 1.54) is 19.3 Å². The van der Waals surface area contributed by atoms with E-state index < -0.39 is 58.1 Å². The molecule has 1 heterocycles. The van der Waals surface area contributed by atoms with E-state index in [-0.39, 0.29) is 19.1 Å². The molecule has 11 heteroatoms. The lowest BCUT2D eigenvalue weighted by molar-refractivity contribution is -0.232. The number of benzene rings is 2. The highest BCUT2D eigenvalue weighted by Gasteiger charge is 2.46. The molecule has 0 bridgehead atoms. The molecule has 0 aromatic heterocycles. The zero-order chi connectivity index (χ0) is 33.1. The van der Waals surface area contributed by atoms with Gasteiger partial charge in [0.1, 0.15) is 23.2 Å². The minimum absolute atomic E-state index is 0.158. The Kier molecular flexibility index (Phi) is 11.2. The molecule has 0 radical (unpaired) electrons. The highest BCUT2D eigenvalue weighted by molar-refractivity contribution is 5.66. The molecule has 0 atom stereocenters. The second-order valence-corrected chi connectivity index (χ2v) is 13.3. The van der Waals surface area contributed by atoms with Gasteiger partial charge in [0.25, 0.3) is 0 Å². The largest absolute Gasteiger partial charge is 0.432 e. The van der Waals surface area contributed by atoms with Crippen molar-refractivity contribution in [3.8, 4) is 16.9 Å².